The number of piperidine rings is 1. The quantitative estimate of drug-likeness (QED) is 0.863. The highest BCUT2D eigenvalue weighted by Gasteiger charge is 2.17. The Balaban J connectivity index is 1.74. The molecule has 1 aromatic carbocycles. The molecule has 1 fully saturated rings. The number of benzene rings is 1. The van der Waals surface area contributed by atoms with Crippen LogP contribution in [0, 0.1) is 6.92 Å². The van der Waals surface area contributed by atoms with Crippen molar-refractivity contribution in [2.75, 3.05) is 18.0 Å². The van der Waals surface area contributed by atoms with Crippen LogP contribution in [-0.2, 0) is 16.6 Å². The monoisotopic (exact) mass is 380 g/mol. The summed E-state index contributed by atoms with van der Waals surface area (Å²) in [5.74, 6) is 1.34. The highest BCUT2D eigenvalue weighted by Crippen LogP contribution is 2.19. The Hall–Kier alpha value is -1.70. The summed E-state index contributed by atoms with van der Waals surface area (Å²) < 4.78 is 27.3. The molecule has 1 N–H and O–H groups in total. The summed E-state index contributed by atoms with van der Waals surface area (Å²) in [5, 5.41) is 0.493. The van der Waals surface area contributed by atoms with E-state index in [1.54, 1.807) is 12.1 Å². The molecule has 0 atom stereocenters. The van der Waals surface area contributed by atoms with Crippen LogP contribution in [0.5, 0.6) is 0 Å². The summed E-state index contributed by atoms with van der Waals surface area (Å²) in [6, 6.07) is 7.99. The van der Waals surface area contributed by atoms with Gasteiger partial charge in [-0.1, -0.05) is 11.6 Å². The van der Waals surface area contributed by atoms with Gasteiger partial charge in [0, 0.05) is 29.9 Å². The number of aromatic nitrogens is 2. The van der Waals surface area contributed by atoms with Crippen LogP contribution >= 0.6 is 11.6 Å². The molecule has 3 rings (SSSR count). The minimum Gasteiger partial charge on any atom is -0.357 e. The summed E-state index contributed by atoms with van der Waals surface area (Å²) in [6.07, 6.45) is 3.55. The first kappa shape index (κ1) is 18.1. The van der Waals surface area contributed by atoms with Gasteiger partial charge in [0.15, 0.2) is 0 Å². The van der Waals surface area contributed by atoms with Crippen LogP contribution in [0.3, 0.4) is 0 Å². The van der Waals surface area contributed by atoms with E-state index in [0.717, 1.165) is 37.4 Å². The minimum absolute atomic E-state index is 0.0491. The van der Waals surface area contributed by atoms with Gasteiger partial charge < -0.3 is 4.90 Å². The van der Waals surface area contributed by atoms with E-state index in [1.807, 2.05) is 13.0 Å². The topological polar surface area (TPSA) is 75.2 Å². The first-order chi connectivity index (χ1) is 11.9. The molecule has 1 aliphatic rings. The molecule has 25 heavy (non-hydrogen) atoms. The number of anilines is 1. The van der Waals surface area contributed by atoms with Crippen molar-refractivity contribution < 1.29 is 8.42 Å². The predicted octanol–water partition coefficient (Wildman–Crippen LogP) is 2.91. The van der Waals surface area contributed by atoms with E-state index in [1.165, 1.54) is 18.6 Å². The second-order valence-corrected chi connectivity index (χ2v) is 8.31. The lowest BCUT2D eigenvalue weighted by atomic mass is 10.1. The van der Waals surface area contributed by atoms with Gasteiger partial charge in [-0.15, -0.1) is 0 Å². The normalized spacial score (nSPS) is 15.4. The van der Waals surface area contributed by atoms with Crippen molar-refractivity contribution in [1.82, 2.24) is 14.7 Å². The van der Waals surface area contributed by atoms with E-state index in [2.05, 4.69) is 19.6 Å². The average Bonchev–Trinajstić information content (AvgIpc) is 2.61. The largest absolute Gasteiger partial charge is 0.357 e. The third-order valence-electron chi connectivity index (χ3n) is 4.11. The molecule has 2 aromatic rings. The fraction of sp³-hybridized carbons (Fsp3) is 0.412. The number of sulfonamides is 1. The standard InChI is InChI=1S/C17H21ClN4O2S/c1-13-11-17(22-9-3-2-4-10-22)21-16(20-13)12-19-25(23,24)15-7-5-14(18)6-8-15/h5-8,11,19H,2-4,9-10,12H2,1H3. The molecule has 0 unspecified atom stereocenters. The highest BCUT2D eigenvalue weighted by molar-refractivity contribution is 7.89. The zero-order valence-corrected chi connectivity index (χ0v) is 15.6. The molecule has 8 heteroatoms. The minimum atomic E-state index is -3.63. The van der Waals surface area contributed by atoms with Crippen LogP contribution in [-0.4, -0.2) is 31.5 Å². The van der Waals surface area contributed by atoms with Gasteiger partial charge in [0.2, 0.25) is 10.0 Å². The fourth-order valence-electron chi connectivity index (χ4n) is 2.83. The van der Waals surface area contributed by atoms with Crippen molar-refractivity contribution >= 4 is 27.4 Å². The Morgan fingerprint density at radius 1 is 1.12 bits per heavy atom. The zero-order chi connectivity index (χ0) is 17.9. The van der Waals surface area contributed by atoms with Gasteiger partial charge >= 0.3 is 0 Å². The summed E-state index contributed by atoms with van der Waals surface area (Å²) in [7, 11) is -3.63. The molecule has 1 aliphatic heterocycles. The van der Waals surface area contributed by atoms with Crippen molar-refractivity contribution in [1.29, 1.82) is 0 Å². The van der Waals surface area contributed by atoms with Gasteiger partial charge in [-0.05, 0) is 50.5 Å². The molecule has 6 nitrogen and oxygen atoms in total. The Bertz CT molecular complexity index is 834. The molecule has 1 aromatic heterocycles. The smallest absolute Gasteiger partial charge is 0.240 e. The predicted molar refractivity (Wildman–Crippen MR) is 98.3 cm³/mol. The third-order valence-corrected chi connectivity index (χ3v) is 5.78. The molecule has 0 saturated carbocycles. The van der Waals surface area contributed by atoms with E-state index >= 15 is 0 Å². The zero-order valence-electron chi connectivity index (χ0n) is 14.1. The van der Waals surface area contributed by atoms with E-state index < -0.39 is 10.0 Å². The Kier molecular flexibility index (Phi) is 5.56. The molecule has 0 aliphatic carbocycles. The molecule has 2 heterocycles. The van der Waals surface area contributed by atoms with Crippen molar-refractivity contribution in [2.45, 2.75) is 37.6 Å². The van der Waals surface area contributed by atoms with Crippen LogP contribution < -0.4 is 9.62 Å². The lowest BCUT2D eigenvalue weighted by molar-refractivity contribution is 0.569. The van der Waals surface area contributed by atoms with Crippen molar-refractivity contribution in [3.8, 4) is 0 Å². The number of nitrogens with zero attached hydrogens (tertiary/aromatic N) is 3. The number of aryl methyl sites for hydroxylation is 1. The lowest BCUT2D eigenvalue weighted by Gasteiger charge is -2.28. The molecule has 1 saturated heterocycles. The first-order valence-electron chi connectivity index (χ1n) is 8.29. The van der Waals surface area contributed by atoms with Gasteiger partial charge in [-0.2, -0.15) is 0 Å². The van der Waals surface area contributed by atoms with Crippen LogP contribution in [0.15, 0.2) is 35.2 Å². The van der Waals surface area contributed by atoms with Crippen molar-refractivity contribution in [3.63, 3.8) is 0 Å². The third kappa shape index (κ3) is 4.68. The Morgan fingerprint density at radius 2 is 1.80 bits per heavy atom. The van der Waals surface area contributed by atoms with E-state index in [9.17, 15) is 8.42 Å². The number of rotatable bonds is 5. The SMILES string of the molecule is Cc1cc(N2CCCCC2)nc(CNS(=O)(=O)c2ccc(Cl)cc2)n1. The van der Waals surface area contributed by atoms with Gasteiger partial charge in [0.25, 0.3) is 0 Å². The maximum Gasteiger partial charge on any atom is 0.240 e. The number of hydrogen-bond donors (Lipinski definition) is 1. The highest BCUT2D eigenvalue weighted by atomic mass is 35.5. The molecular formula is C17H21ClN4O2S. The average molecular weight is 381 g/mol. The summed E-state index contributed by atoms with van der Waals surface area (Å²) in [4.78, 5) is 11.3. The first-order valence-corrected chi connectivity index (χ1v) is 10.1. The van der Waals surface area contributed by atoms with Crippen molar-refractivity contribution in [3.05, 3.63) is 46.9 Å². The molecule has 0 bridgehead atoms. The van der Waals surface area contributed by atoms with Crippen LogP contribution in [0.1, 0.15) is 30.8 Å². The van der Waals surface area contributed by atoms with Crippen molar-refractivity contribution in [2.24, 2.45) is 0 Å². The van der Waals surface area contributed by atoms with Crippen LogP contribution in [0.2, 0.25) is 5.02 Å². The summed E-state index contributed by atoms with van der Waals surface area (Å²) >= 11 is 5.80. The van der Waals surface area contributed by atoms with Gasteiger partial charge in [-0.25, -0.2) is 23.1 Å². The molecule has 0 radical (unpaired) electrons. The molecule has 0 spiro atoms. The maximum absolute atomic E-state index is 12.4. The summed E-state index contributed by atoms with van der Waals surface area (Å²) in [5.41, 5.74) is 0.830. The molecule has 0 amide bonds. The van der Waals surface area contributed by atoms with Gasteiger partial charge in [0.1, 0.15) is 11.6 Å². The fourth-order valence-corrected chi connectivity index (χ4v) is 3.94. The second kappa shape index (κ2) is 7.68. The second-order valence-electron chi connectivity index (χ2n) is 6.11. The van der Waals surface area contributed by atoms with Gasteiger partial charge in [0.05, 0.1) is 11.4 Å². The Morgan fingerprint density at radius 3 is 2.48 bits per heavy atom. The summed E-state index contributed by atoms with van der Waals surface area (Å²) in [6.45, 7) is 3.90. The molecular weight excluding hydrogens is 360 g/mol. The Labute approximate surface area is 153 Å². The lowest BCUT2D eigenvalue weighted by Crippen LogP contribution is -2.31. The van der Waals surface area contributed by atoms with E-state index in [-0.39, 0.29) is 11.4 Å². The number of halogens is 1. The van der Waals surface area contributed by atoms with Gasteiger partial charge in [-0.3, -0.25) is 0 Å². The van der Waals surface area contributed by atoms with Crippen LogP contribution in [0.4, 0.5) is 5.82 Å². The van der Waals surface area contributed by atoms with Crippen LogP contribution in [0.25, 0.3) is 0 Å². The number of hydrogen-bond acceptors (Lipinski definition) is 5. The van der Waals surface area contributed by atoms with E-state index in [0.29, 0.717) is 10.8 Å². The molecule has 134 valence electrons. The van der Waals surface area contributed by atoms with E-state index in [4.69, 9.17) is 11.6 Å². The maximum atomic E-state index is 12.4. The number of nitrogens with one attached hydrogen (secondary N) is 1.